The van der Waals surface area contributed by atoms with Crippen LogP contribution in [0.25, 0.3) is 11.4 Å². The SMILES string of the molecule is O=C(c1cccc(C(F)(F)F)c1)c1sccc1-c1ncc[nH]1. The standard InChI is InChI=1S/C15H9F3N2OS/c16-15(17,18)10-3-1-2-9(8-10)12(21)13-11(4-7-22-13)14-19-5-6-20-14/h1-8H,(H,19,20). The van der Waals surface area contributed by atoms with Crippen molar-refractivity contribution in [3.8, 4) is 11.4 Å². The zero-order valence-electron chi connectivity index (χ0n) is 11.0. The molecular formula is C15H9F3N2OS. The Morgan fingerprint density at radius 1 is 1.23 bits per heavy atom. The van der Waals surface area contributed by atoms with Gasteiger partial charge in [-0.3, -0.25) is 4.79 Å². The Balaban J connectivity index is 2.01. The molecule has 0 atom stereocenters. The van der Waals surface area contributed by atoms with Crippen LogP contribution >= 0.6 is 11.3 Å². The van der Waals surface area contributed by atoms with Crippen molar-refractivity contribution in [3.63, 3.8) is 0 Å². The van der Waals surface area contributed by atoms with Gasteiger partial charge in [-0.05, 0) is 23.6 Å². The lowest BCUT2D eigenvalue weighted by Gasteiger charge is -2.08. The number of alkyl halides is 3. The zero-order chi connectivity index (χ0) is 15.7. The molecule has 3 nitrogen and oxygen atoms in total. The number of aromatic amines is 1. The molecule has 0 bridgehead atoms. The second kappa shape index (κ2) is 5.42. The predicted octanol–water partition coefficient (Wildman–Crippen LogP) is 4.39. The van der Waals surface area contributed by atoms with E-state index in [1.54, 1.807) is 23.8 Å². The molecule has 2 aromatic heterocycles. The van der Waals surface area contributed by atoms with E-state index in [-0.39, 0.29) is 5.56 Å². The molecule has 0 aliphatic heterocycles. The summed E-state index contributed by atoms with van der Waals surface area (Å²) in [7, 11) is 0. The summed E-state index contributed by atoms with van der Waals surface area (Å²) in [6, 6.07) is 6.14. The molecule has 3 aromatic rings. The molecule has 112 valence electrons. The maximum absolute atomic E-state index is 12.8. The van der Waals surface area contributed by atoms with Crippen molar-refractivity contribution in [2.75, 3.05) is 0 Å². The van der Waals surface area contributed by atoms with Crippen molar-refractivity contribution < 1.29 is 18.0 Å². The summed E-state index contributed by atoms with van der Waals surface area (Å²) < 4.78 is 38.3. The van der Waals surface area contributed by atoms with Gasteiger partial charge >= 0.3 is 6.18 Å². The number of carbonyl (C=O) groups excluding carboxylic acids is 1. The van der Waals surface area contributed by atoms with Crippen LogP contribution in [0.1, 0.15) is 20.8 Å². The Bertz CT molecular complexity index is 806. The predicted molar refractivity (Wildman–Crippen MR) is 76.8 cm³/mol. The van der Waals surface area contributed by atoms with Gasteiger partial charge in [-0.1, -0.05) is 12.1 Å². The molecule has 1 aromatic carbocycles. The van der Waals surface area contributed by atoms with Crippen LogP contribution in [0.2, 0.25) is 0 Å². The summed E-state index contributed by atoms with van der Waals surface area (Å²) >= 11 is 1.17. The highest BCUT2D eigenvalue weighted by Crippen LogP contribution is 2.32. The maximum Gasteiger partial charge on any atom is 0.416 e. The van der Waals surface area contributed by atoms with Crippen LogP contribution in [0, 0.1) is 0 Å². The van der Waals surface area contributed by atoms with Gasteiger partial charge in [0.2, 0.25) is 5.78 Å². The minimum Gasteiger partial charge on any atom is -0.345 e. The first kappa shape index (κ1) is 14.5. The van der Waals surface area contributed by atoms with E-state index in [2.05, 4.69) is 9.97 Å². The molecule has 1 N–H and O–H groups in total. The Hall–Kier alpha value is -2.41. The average Bonchev–Trinajstić information content (AvgIpc) is 3.16. The lowest BCUT2D eigenvalue weighted by molar-refractivity contribution is -0.137. The van der Waals surface area contributed by atoms with Crippen LogP contribution in [-0.2, 0) is 6.18 Å². The number of imidazole rings is 1. The van der Waals surface area contributed by atoms with Crippen molar-refractivity contribution in [3.05, 3.63) is 64.1 Å². The van der Waals surface area contributed by atoms with Gasteiger partial charge in [-0.2, -0.15) is 13.2 Å². The van der Waals surface area contributed by atoms with Gasteiger partial charge in [-0.15, -0.1) is 11.3 Å². The third kappa shape index (κ3) is 2.67. The number of H-pyrrole nitrogens is 1. The number of hydrogen-bond acceptors (Lipinski definition) is 3. The molecular weight excluding hydrogens is 313 g/mol. The van der Waals surface area contributed by atoms with Crippen molar-refractivity contribution in [1.82, 2.24) is 9.97 Å². The van der Waals surface area contributed by atoms with Gasteiger partial charge in [0.15, 0.2) is 0 Å². The monoisotopic (exact) mass is 322 g/mol. The van der Waals surface area contributed by atoms with E-state index >= 15 is 0 Å². The Labute approximate surface area is 127 Å². The fraction of sp³-hybridized carbons (Fsp3) is 0.0667. The number of ketones is 1. The fourth-order valence-corrected chi connectivity index (χ4v) is 2.91. The highest BCUT2D eigenvalue weighted by Gasteiger charge is 2.31. The summed E-state index contributed by atoms with van der Waals surface area (Å²) in [6.45, 7) is 0. The molecule has 0 saturated heterocycles. The Kier molecular flexibility index (Phi) is 3.58. The van der Waals surface area contributed by atoms with Gasteiger partial charge in [-0.25, -0.2) is 4.98 Å². The van der Waals surface area contributed by atoms with E-state index in [0.29, 0.717) is 16.3 Å². The topological polar surface area (TPSA) is 45.8 Å². The van der Waals surface area contributed by atoms with E-state index in [1.807, 2.05) is 0 Å². The molecule has 0 unspecified atom stereocenters. The highest BCUT2D eigenvalue weighted by molar-refractivity contribution is 7.12. The number of nitrogens with one attached hydrogen (secondary N) is 1. The number of benzene rings is 1. The number of hydrogen-bond donors (Lipinski definition) is 1. The van der Waals surface area contributed by atoms with Crippen molar-refractivity contribution >= 4 is 17.1 Å². The molecule has 0 saturated carbocycles. The van der Waals surface area contributed by atoms with Gasteiger partial charge in [0, 0.05) is 23.5 Å². The molecule has 7 heteroatoms. The van der Waals surface area contributed by atoms with E-state index < -0.39 is 17.5 Å². The normalized spacial score (nSPS) is 11.6. The Morgan fingerprint density at radius 2 is 2.05 bits per heavy atom. The lowest BCUT2D eigenvalue weighted by atomic mass is 10.0. The zero-order valence-corrected chi connectivity index (χ0v) is 11.8. The van der Waals surface area contributed by atoms with E-state index in [0.717, 1.165) is 12.1 Å². The van der Waals surface area contributed by atoms with Gasteiger partial charge in [0.05, 0.1) is 10.4 Å². The fourth-order valence-electron chi connectivity index (χ4n) is 2.05. The quantitative estimate of drug-likeness (QED) is 0.727. The molecule has 2 heterocycles. The maximum atomic E-state index is 12.8. The first-order chi connectivity index (χ1) is 10.5. The van der Waals surface area contributed by atoms with Gasteiger partial charge in [0.25, 0.3) is 0 Å². The molecule has 0 aliphatic rings. The van der Waals surface area contributed by atoms with E-state index in [1.165, 1.54) is 23.5 Å². The summed E-state index contributed by atoms with van der Waals surface area (Å²) in [4.78, 5) is 19.8. The molecule has 0 spiro atoms. The van der Waals surface area contributed by atoms with Crippen LogP contribution in [0.5, 0.6) is 0 Å². The first-order valence-corrected chi connectivity index (χ1v) is 7.14. The molecule has 0 fully saturated rings. The van der Waals surface area contributed by atoms with Crippen LogP contribution < -0.4 is 0 Å². The summed E-state index contributed by atoms with van der Waals surface area (Å²) in [6.07, 6.45) is -1.31. The third-order valence-electron chi connectivity index (χ3n) is 3.08. The van der Waals surface area contributed by atoms with Crippen LogP contribution in [0.3, 0.4) is 0 Å². The summed E-state index contributed by atoms with van der Waals surface area (Å²) in [5.41, 5.74) is -0.253. The van der Waals surface area contributed by atoms with Crippen molar-refractivity contribution in [2.45, 2.75) is 6.18 Å². The molecule has 0 amide bonds. The number of carbonyl (C=O) groups is 1. The third-order valence-corrected chi connectivity index (χ3v) is 3.99. The molecule has 0 aliphatic carbocycles. The smallest absolute Gasteiger partial charge is 0.345 e. The second-order valence-corrected chi connectivity index (χ2v) is 5.42. The highest BCUT2D eigenvalue weighted by atomic mass is 32.1. The lowest BCUT2D eigenvalue weighted by Crippen LogP contribution is -2.08. The van der Waals surface area contributed by atoms with Gasteiger partial charge in [0.1, 0.15) is 5.82 Å². The first-order valence-electron chi connectivity index (χ1n) is 6.26. The summed E-state index contributed by atoms with van der Waals surface area (Å²) in [5, 5.41) is 1.71. The summed E-state index contributed by atoms with van der Waals surface area (Å²) in [5.74, 6) is 0.0593. The Morgan fingerprint density at radius 3 is 2.73 bits per heavy atom. The van der Waals surface area contributed by atoms with Crippen LogP contribution in [-0.4, -0.2) is 15.8 Å². The van der Waals surface area contributed by atoms with E-state index in [4.69, 9.17) is 0 Å². The number of nitrogens with zero attached hydrogens (tertiary/aromatic N) is 1. The number of halogens is 3. The minimum atomic E-state index is -4.48. The second-order valence-electron chi connectivity index (χ2n) is 4.51. The number of thiophene rings is 1. The van der Waals surface area contributed by atoms with Crippen molar-refractivity contribution in [1.29, 1.82) is 0 Å². The van der Waals surface area contributed by atoms with Crippen molar-refractivity contribution in [2.24, 2.45) is 0 Å². The molecule has 3 rings (SSSR count). The average molecular weight is 322 g/mol. The van der Waals surface area contributed by atoms with Crippen LogP contribution in [0.15, 0.2) is 48.1 Å². The van der Waals surface area contributed by atoms with E-state index in [9.17, 15) is 18.0 Å². The van der Waals surface area contributed by atoms with Gasteiger partial charge < -0.3 is 4.98 Å². The number of aromatic nitrogens is 2. The molecule has 22 heavy (non-hydrogen) atoms. The largest absolute Gasteiger partial charge is 0.416 e. The number of rotatable bonds is 3. The van der Waals surface area contributed by atoms with Crippen LogP contribution in [0.4, 0.5) is 13.2 Å². The molecule has 0 radical (unpaired) electrons. The minimum absolute atomic E-state index is 0.00470.